The maximum absolute atomic E-state index is 13.8. The van der Waals surface area contributed by atoms with Gasteiger partial charge < -0.3 is 0 Å². The van der Waals surface area contributed by atoms with Crippen LogP contribution in [0.15, 0.2) is 42.5 Å². The van der Waals surface area contributed by atoms with Crippen molar-refractivity contribution in [2.75, 3.05) is 0 Å². The summed E-state index contributed by atoms with van der Waals surface area (Å²) in [6.45, 7) is 0. The molecule has 3 rings (SSSR count). The Balaban J connectivity index is 1.82. The smallest absolute Gasteiger partial charge is 0.166 e. The van der Waals surface area contributed by atoms with Crippen LogP contribution in [0.1, 0.15) is 37.2 Å². The summed E-state index contributed by atoms with van der Waals surface area (Å²) in [6, 6.07) is 12.2. The third kappa shape index (κ3) is 3.13. The van der Waals surface area contributed by atoms with Crippen molar-refractivity contribution in [3.05, 3.63) is 59.7 Å². The molecule has 21 heavy (non-hydrogen) atoms. The predicted molar refractivity (Wildman–Crippen MR) is 85.8 cm³/mol. The lowest BCUT2D eigenvalue weighted by Crippen LogP contribution is -2.12. The molecule has 0 bridgehead atoms. The highest BCUT2D eigenvalue weighted by atomic mass is 32.1. The topological polar surface area (TPSA) is 0 Å². The summed E-state index contributed by atoms with van der Waals surface area (Å²) in [6.07, 6.45) is 4.60. The van der Waals surface area contributed by atoms with Crippen molar-refractivity contribution in [3.63, 3.8) is 0 Å². The van der Waals surface area contributed by atoms with Gasteiger partial charge in [0.1, 0.15) is 0 Å². The van der Waals surface area contributed by atoms with Gasteiger partial charge in [-0.15, -0.1) is 0 Å². The molecule has 0 spiro atoms. The Bertz CT molecular complexity index is 614. The molecule has 1 saturated carbocycles. The van der Waals surface area contributed by atoms with E-state index in [9.17, 15) is 8.78 Å². The van der Waals surface area contributed by atoms with Crippen LogP contribution in [0.4, 0.5) is 8.78 Å². The van der Waals surface area contributed by atoms with Gasteiger partial charge in [-0.25, -0.2) is 8.78 Å². The van der Waals surface area contributed by atoms with E-state index in [0.717, 1.165) is 37.3 Å². The summed E-state index contributed by atoms with van der Waals surface area (Å²) >= 11 is 4.52. The molecule has 2 aromatic rings. The first kappa shape index (κ1) is 14.6. The van der Waals surface area contributed by atoms with E-state index >= 15 is 0 Å². The van der Waals surface area contributed by atoms with Crippen LogP contribution >= 0.6 is 12.6 Å². The molecule has 1 aliphatic carbocycles. The summed E-state index contributed by atoms with van der Waals surface area (Å²) < 4.78 is 27.1. The van der Waals surface area contributed by atoms with E-state index in [-0.39, 0.29) is 0 Å². The monoisotopic (exact) mass is 304 g/mol. The normalized spacial score (nSPS) is 22.2. The van der Waals surface area contributed by atoms with Crippen LogP contribution < -0.4 is 0 Å². The fourth-order valence-electron chi connectivity index (χ4n) is 3.07. The zero-order chi connectivity index (χ0) is 14.8. The number of rotatable bonds is 2. The zero-order valence-corrected chi connectivity index (χ0v) is 12.6. The van der Waals surface area contributed by atoms with E-state index in [1.807, 2.05) is 24.3 Å². The zero-order valence-electron chi connectivity index (χ0n) is 11.7. The van der Waals surface area contributed by atoms with Crippen LogP contribution in [0, 0.1) is 11.6 Å². The Morgan fingerprint density at radius 1 is 0.857 bits per heavy atom. The molecule has 0 unspecified atom stereocenters. The van der Waals surface area contributed by atoms with Crippen molar-refractivity contribution in [3.8, 4) is 11.1 Å². The predicted octanol–water partition coefficient (Wildman–Crippen LogP) is 5.59. The number of hydrogen-bond donors (Lipinski definition) is 1. The molecule has 0 heterocycles. The van der Waals surface area contributed by atoms with E-state index in [4.69, 9.17) is 0 Å². The molecule has 110 valence electrons. The molecule has 1 fully saturated rings. The lowest BCUT2D eigenvalue weighted by Gasteiger charge is -2.26. The summed E-state index contributed by atoms with van der Waals surface area (Å²) in [5.74, 6) is -1.01. The van der Waals surface area contributed by atoms with Crippen LogP contribution in [0.5, 0.6) is 0 Å². The third-order valence-corrected chi connectivity index (χ3v) is 4.86. The average molecular weight is 304 g/mol. The molecule has 0 amide bonds. The Morgan fingerprint density at radius 3 is 2.19 bits per heavy atom. The molecule has 0 atom stereocenters. The molecule has 0 saturated heterocycles. The van der Waals surface area contributed by atoms with Crippen LogP contribution in [0.25, 0.3) is 11.1 Å². The van der Waals surface area contributed by atoms with Gasteiger partial charge >= 0.3 is 0 Å². The molecule has 0 aliphatic heterocycles. The summed E-state index contributed by atoms with van der Waals surface area (Å²) in [4.78, 5) is 0. The maximum Gasteiger partial charge on any atom is 0.166 e. The van der Waals surface area contributed by atoms with Gasteiger partial charge in [0.15, 0.2) is 11.6 Å². The van der Waals surface area contributed by atoms with Crippen molar-refractivity contribution < 1.29 is 8.78 Å². The molecule has 1 aliphatic rings. The lowest BCUT2D eigenvalue weighted by molar-refractivity contribution is 0.455. The average Bonchev–Trinajstić information content (AvgIpc) is 2.51. The van der Waals surface area contributed by atoms with E-state index in [1.165, 1.54) is 11.6 Å². The Hall–Kier alpha value is -1.35. The van der Waals surface area contributed by atoms with Crippen LogP contribution in [0.3, 0.4) is 0 Å². The van der Waals surface area contributed by atoms with Crippen LogP contribution in [0.2, 0.25) is 0 Å². The van der Waals surface area contributed by atoms with Gasteiger partial charge in [-0.2, -0.15) is 12.6 Å². The molecule has 0 aromatic heterocycles. The van der Waals surface area contributed by atoms with Gasteiger partial charge in [0.25, 0.3) is 0 Å². The Labute approximate surface area is 129 Å². The second-order valence-electron chi connectivity index (χ2n) is 5.73. The minimum absolute atomic E-state index is 0.320. The van der Waals surface area contributed by atoms with Gasteiger partial charge in [0.2, 0.25) is 0 Å². The highest BCUT2D eigenvalue weighted by Crippen LogP contribution is 2.35. The molecule has 0 N–H and O–H groups in total. The van der Waals surface area contributed by atoms with Crippen molar-refractivity contribution in [1.29, 1.82) is 0 Å². The molecule has 3 heteroatoms. The van der Waals surface area contributed by atoms with E-state index in [0.29, 0.717) is 16.7 Å². The van der Waals surface area contributed by atoms with Crippen molar-refractivity contribution >= 4 is 12.6 Å². The first-order valence-electron chi connectivity index (χ1n) is 7.37. The third-order valence-electron chi connectivity index (χ3n) is 4.34. The highest BCUT2D eigenvalue weighted by molar-refractivity contribution is 7.80. The molecular formula is C18H18F2S. The first-order valence-corrected chi connectivity index (χ1v) is 7.89. The number of hydrogen-bond acceptors (Lipinski definition) is 1. The number of thiol groups is 1. The molecular weight excluding hydrogens is 286 g/mol. The van der Waals surface area contributed by atoms with Gasteiger partial charge in [0, 0.05) is 10.8 Å². The largest absolute Gasteiger partial charge is 0.204 e. The summed E-state index contributed by atoms with van der Waals surface area (Å²) in [5, 5.41) is 0.530. The van der Waals surface area contributed by atoms with E-state index < -0.39 is 11.6 Å². The lowest BCUT2D eigenvalue weighted by atomic mass is 9.83. The second kappa shape index (κ2) is 6.18. The van der Waals surface area contributed by atoms with Crippen molar-refractivity contribution in [2.24, 2.45) is 0 Å². The second-order valence-corrected chi connectivity index (χ2v) is 6.46. The van der Waals surface area contributed by atoms with Gasteiger partial charge in [0.05, 0.1) is 0 Å². The molecule has 2 aromatic carbocycles. The summed E-state index contributed by atoms with van der Waals surface area (Å²) in [7, 11) is 0. The number of halogens is 2. The van der Waals surface area contributed by atoms with E-state index in [2.05, 4.69) is 12.6 Å². The standard InChI is InChI=1S/C18H18F2S/c19-17-3-1-2-16(18(17)20)14-6-4-12(5-7-14)13-8-10-15(21)11-9-13/h1-7,13,15,21H,8-11H2. The van der Waals surface area contributed by atoms with Gasteiger partial charge in [-0.1, -0.05) is 36.4 Å². The summed E-state index contributed by atoms with van der Waals surface area (Å²) in [5.41, 5.74) is 2.33. The first-order chi connectivity index (χ1) is 10.1. The SMILES string of the molecule is Fc1cccc(-c2ccc(C3CCC(S)CC3)cc2)c1F. The van der Waals surface area contributed by atoms with Crippen LogP contribution in [-0.4, -0.2) is 5.25 Å². The van der Waals surface area contributed by atoms with Gasteiger partial charge in [-0.05, 0) is 48.8 Å². The maximum atomic E-state index is 13.8. The fourth-order valence-corrected chi connectivity index (χ4v) is 3.37. The van der Waals surface area contributed by atoms with Crippen molar-refractivity contribution in [2.45, 2.75) is 36.9 Å². The number of benzene rings is 2. The van der Waals surface area contributed by atoms with Crippen molar-refractivity contribution in [1.82, 2.24) is 0 Å². The Morgan fingerprint density at radius 2 is 1.52 bits per heavy atom. The molecule has 0 nitrogen and oxygen atoms in total. The quantitative estimate of drug-likeness (QED) is 0.687. The van der Waals surface area contributed by atoms with E-state index in [1.54, 1.807) is 6.07 Å². The minimum atomic E-state index is -0.802. The van der Waals surface area contributed by atoms with Crippen LogP contribution in [-0.2, 0) is 0 Å². The molecule has 0 radical (unpaired) electrons. The Kier molecular flexibility index (Phi) is 4.29. The highest BCUT2D eigenvalue weighted by Gasteiger charge is 2.20. The fraction of sp³-hybridized carbons (Fsp3) is 0.333. The minimum Gasteiger partial charge on any atom is -0.204 e. The van der Waals surface area contributed by atoms with Gasteiger partial charge in [-0.3, -0.25) is 0 Å².